The van der Waals surface area contributed by atoms with Gasteiger partial charge in [-0.25, -0.2) is 4.79 Å². The second-order valence-electron chi connectivity index (χ2n) is 4.08. The van der Waals surface area contributed by atoms with Gasteiger partial charge in [0.05, 0.1) is 12.0 Å². The van der Waals surface area contributed by atoms with Crippen LogP contribution in [0.15, 0.2) is 35.9 Å². The summed E-state index contributed by atoms with van der Waals surface area (Å²) in [7, 11) is 0. The fraction of sp³-hybridized carbons (Fsp3) is 0.214. The number of hydrogen-bond donors (Lipinski definition) is 2. The van der Waals surface area contributed by atoms with Gasteiger partial charge < -0.3 is 10.2 Å². The van der Waals surface area contributed by atoms with E-state index in [2.05, 4.69) is 0 Å². The van der Waals surface area contributed by atoms with Gasteiger partial charge >= 0.3 is 11.9 Å². The Kier molecular flexibility index (Phi) is 5.00. The van der Waals surface area contributed by atoms with E-state index < -0.39 is 18.4 Å². The summed E-state index contributed by atoms with van der Waals surface area (Å²) in [6, 6.07) is 8.48. The number of rotatable bonds is 6. The molecule has 0 spiro atoms. The van der Waals surface area contributed by atoms with E-state index in [1.807, 2.05) is 0 Å². The molecule has 100 valence electrons. The molecule has 5 nitrogen and oxygen atoms in total. The third kappa shape index (κ3) is 4.39. The summed E-state index contributed by atoms with van der Waals surface area (Å²) in [6.45, 7) is 1.34. The van der Waals surface area contributed by atoms with Crippen molar-refractivity contribution < 1.29 is 24.6 Å². The molecule has 0 aliphatic carbocycles. The van der Waals surface area contributed by atoms with Crippen molar-refractivity contribution in [3.63, 3.8) is 0 Å². The average molecular weight is 262 g/mol. The van der Waals surface area contributed by atoms with Crippen LogP contribution in [0.25, 0.3) is 5.57 Å². The maximum atomic E-state index is 11.3. The van der Waals surface area contributed by atoms with Gasteiger partial charge in [0.25, 0.3) is 0 Å². The number of ketones is 1. The summed E-state index contributed by atoms with van der Waals surface area (Å²) in [4.78, 5) is 33.2. The molecule has 0 aromatic heterocycles. The largest absolute Gasteiger partial charge is 0.481 e. The molecule has 5 heteroatoms. The minimum Gasteiger partial charge on any atom is -0.481 e. The summed E-state index contributed by atoms with van der Waals surface area (Å²) < 4.78 is 0. The number of hydrogen-bond acceptors (Lipinski definition) is 3. The van der Waals surface area contributed by atoms with Crippen molar-refractivity contribution in [1.29, 1.82) is 0 Å². The Hall–Kier alpha value is -2.43. The summed E-state index contributed by atoms with van der Waals surface area (Å²) in [5.74, 6) is -2.78. The summed E-state index contributed by atoms with van der Waals surface area (Å²) in [5.41, 5.74) is 0.549. The molecule has 0 aliphatic rings. The van der Waals surface area contributed by atoms with E-state index in [1.54, 1.807) is 30.3 Å². The molecular weight excluding hydrogens is 248 g/mol. The zero-order chi connectivity index (χ0) is 14.4. The van der Waals surface area contributed by atoms with Crippen LogP contribution in [-0.4, -0.2) is 27.9 Å². The van der Waals surface area contributed by atoms with Crippen LogP contribution in [0.2, 0.25) is 0 Å². The molecule has 0 bridgehead atoms. The summed E-state index contributed by atoms with van der Waals surface area (Å²) in [6.07, 6.45) is -0.717. The van der Waals surface area contributed by atoms with Gasteiger partial charge in [-0.05, 0) is 18.1 Å². The Morgan fingerprint density at radius 2 is 1.58 bits per heavy atom. The third-order valence-electron chi connectivity index (χ3n) is 2.50. The Labute approximate surface area is 110 Å². The minimum absolute atomic E-state index is 0.0983. The highest BCUT2D eigenvalue weighted by molar-refractivity contribution is 6.03. The monoisotopic (exact) mass is 262 g/mol. The number of allylic oxidation sites excluding steroid dienone is 1. The number of aliphatic carboxylic acids is 2. The highest BCUT2D eigenvalue weighted by Crippen LogP contribution is 2.25. The van der Waals surface area contributed by atoms with Crippen LogP contribution in [0.5, 0.6) is 0 Å². The van der Waals surface area contributed by atoms with Gasteiger partial charge in [0.1, 0.15) is 5.78 Å². The van der Waals surface area contributed by atoms with Gasteiger partial charge in [0, 0.05) is 6.42 Å². The smallest absolute Gasteiger partial charge is 0.332 e. The molecule has 0 aliphatic heterocycles. The lowest BCUT2D eigenvalue weighted by Gasteiger charge is -2.10. The Balaban J connectivity index is 3.37. The molecule has 0 saturated heterocycles. The summed E-state index contributed by atoms with van der Waals surface area (Å²) in [5, 5.41) is 17.9. The van der Waals surface area contributed by atoms with Gasteiger partial charge in [-0.15, -0.1) is 0 Å². The topological polar surface area (TPSA) is 91.7 Å². The van der Waals surface area contributed by atoms with Crippen LogP contribution >= 0.6 is 0 Å². The van der Waals surface area contributed by atoms with E-state index in [4.69, 9.17) is 10.2 Å². The maximum Gasteiger partial charge on any atom is 0.332 e. The van der Waals surface area contributed by atoms with E-state index in [0.29, 0.717) is 5.56 Å². The van der Waals surface area contributed by atoms with Gasteiger partial charge in [0.15, 0.2) is 0 Å². The summed E-state index contributed by atoms with van der Waals surface area (Å²) >= 11 is 0. The molecule has 0 unspecified atom stereocenters. The first-order valence-corrected chi connectivity index (χ1v) is 5.63. The number of benzene rings is 1. The van der Waals surface area contributed by atoms with E-state index in [1.165, 1.54) is 6.92 Å². The zero-order valence-corrected chi connectivity index (χ0v) is 10.4. The van der Waals surface area contributed by atoms with Crippen molar-refractivity contribution in [3.05, 3.63) is 41.5 Å². The van der Waals surface area contributed by atoms with Gasteiger partial charge in [-0.3, -0.25) is 9.59 Å². The fourth-order valence-electron chi connectivity index (χ4n) is 1.73. The predicted molar refractivity (Wildman–Crippen MR) is 68.5 cm³/mol. The molecular formula is C14H14O5. The highest BCUT2D eigenvalue weighted by atomic mass is 16.4. The average Bonchev–Trinajstić information content (AvgIpc) is 2.33. The van der Waals surface area contributed by atoms with Crippen molar-refractivity contribution in [2.24, 2.45) is 0 Å². The molecule has 2 N–H and O–H groups in total. The number of carbonyl (C=O) groups is 3. The van der Waals surface area contributed by atoms with Crippen LogP contribution in [0.1, 0.15) is 25.3 Å². The molecule has 0 heterocycles. The molecule has 0 atom stereocenters. The number of carboxylic acids is 2. The predicted octanol–water partition coefficient (Wildman–Crippen LogP) is 1.98. The highest BCUT2D eigenvalue weighted by Gasteiger charge is 2.19. The van der Waals surface area contributed by atoms with Crippen molar-refractivity contribution >= 4 is 23.3 Å². The van der Waals surface area contributed by atoms with E-state index in [0.717, 1.165) is 0 Å². The van der Waals surface area contributed by atoms with E-state index in [9.17, 15) is 14.4 Å². The molecule has 0 saturated carbocycles. The van der Waals surface area contributed by atoms with Crippen molar-refractivity contribution in [2.75, 3.05) is 0 Å². The minimum atomic E-state index is -1.32. The Morgan fingerprint density at radius 1 is 1.00 bits per heavy atom. The number of carboxylic acid groups (broad SMARTS) is 2. The quantitative estimate of drug-likeness (QED) is 0.765. The molecule has 0 amide bonds. The van der Waals surface area contributed by atoms with Crippen LogP contribution in [0, 0.1) is 0 Å². The van der Waals surface area contributed by atoms with Crippen LogP contribution in [-0.2, 0) is 14.4 Å². The van der Waals surface area contributed by atoms with Crippen LogP contribution < -0.4 is 0 Å². The van der Waals surface area contributed by atoms with Crippen molar-refractivity contribution in [3.8, 4) is 0 Å². The Morgan fingerprint density at radius 3 is 2.00 bits per heavy atom. The van der Waals surface area contributed by atoms with E-state index in [-0.39, 0.29) is 23.4 Å². The Bertz CT molecular complexity index is 528. The molecule has 19 heavy (non-hydrogen) atoms. The first-order valence-electron chi connectivity index (χ1n) is 5.63. The standard InChI is InChI=1S/C14H14O5/c1-9(15)7-11(10-5-3-2-4-6-10)12(14(18)19)8-13(16)17/h2-6H,7-8H2,1H3,(H,16,17)(H,18,19). The van der Waals surface area contributed by atoms with Crippen molar-refractivity contribution in [1.82, 2.24) is 0 Å². The number of carbonyl (C=O) groups excluding carboxylic acids is 1. The maximum absolute atomic E-state index is 11.3. The first kappa shape index (κ1) is 14.6. The van der Waals surface area contributed by atoms with Gasteiger partial charge in [-0.2, -0.15) is 0 Å². The molecule has 0 radical (unpaired) electrons. The van der Waals surface area contributed by atoms with Gasteiger partial charge in [0.2, 0.25) is 0 Å². The van der Waals surface area contributed by atoms with E-state index >= 15 is 0 Å². The number of Topliss-reactive ketones (excluding diaryl/α,β-unsaturated/α-hetero) is 1. The second kappa shape index (κ2) is 6.49. The van der Waals surface area contributed by atoms with Crippen LogP contribution in [0.4, 0.5) is 0 Å². The van der Waals surface area contributed by atoms with Gasteiger partial charge in [-0.1, -0.05) is 30.3 Å². The molecule has 1 rings (SSSR count). The van der Waals surface area contributed by atoms with Crippen molar-refractivity contribution in [2.45, 2.75) is 19.8 Å². The first-order chi connectivity index (χ1) is 8.91. The lowest BCUT2D eigenvalue weighted by molar-refractivity contribution is -0.139. The normalized spacial score (nSPS) is 11.6. The lowest BCUT2D eigenvalue weighted by Crippen LogP contribution is -2.11. The SMILES string of the molecule is CC(=O)CC(=C(CC(=O)O)C(=O)O)c1ccccc1. The third-order valence-corrected chi connectivity index (χ3v) is 2.50. The molecule has 0 fully saturated rings. The molecule has 1 aromatic rings. The fourth-order valence-corrected chi connectivity index (χ4v) is 1.73. The lowest BCUT2D eigenvalue weighted by atomic mass is 9.94. The second-order valence-corrected chi connectivity index (χ2v) is 4.08. The molecule has 1 aromatic carbocycles. The van der Waals surface area contributed by atoms with Crippen LogP contribution in [0.3, 0.4) is 0 Å². The zero-order valence-electron chi connectivity index (χ0n) is 10.4.